The third-order valence-electron chi connectivity index (χ3n) is 5.06. The van der Waals surface area contributed by atoms with Crippen molar-refractivity contribution in [3.05, 3.63) is 88.4 Å². The van der Waals surface area contributed by atoms with E-state index in [2.05, 4.69) is 16.8 Å². The van der Waals surface area contributed by atoms with E-state index in [1.807, 2.05) is 31.2 Å². The van der Waals surface area contributed by atoms with Crippen LogP contribution < -0.4 is 0 Å². The molecule has 1 atom stereocenters. The number of carboxylic acids is 1. The van der Waals surface area contributed by atoms with Crippen molar-refractivity contribution >= 4 is 38.0 Å². The summed E-state index contributed by atoms with van der Waals surface area (Å²) in [6.45, 7) is 1.98. The highest BCUT2D eigenvalue weighted by Gasteiger charge is 2.28. The van der Waals surface area contributed by atoms with Gasteiger partial charge in [0, 0.05) is 22.7 Å². The molecule has 2 aromatic heterocycles. The molecule has 4 aromatic rings. The first kappa shape index (κ1) is 19.4. The summed E-state index contributed by atoms with van der Waals surface area (Å²) in [7, 11) is -3.85. The van der Waals surface area contributed by atoms with Gasteiger partial charge in [-0.2, -0.15) is 0 Å². The monoisotopic (exact) mass is 465 g/mol. The molecular formula is C25H21NO4S2. The second kappa shape index (κ2) is 9.03. The summed E-state index contributed by atoms with van der Waals surface area (Å²) in [5, 5.41) is 10.3. The molecule has 5 nitrogen and oxygen atoms in total. The fourth-order valence-corrected chi connectivity index (χ4v) is 6.14. The Hall–Kier alpha value is -3.34. The SMILES string of the molecule is [2H]c1cc2[nH]cc(C[C@@H](CS(=O)(=O)c3ccc(C#Cc4ccc(C)cc4)s3)C(=O)O)c2cc1[2H]. The number of aryl methyl sites for hydroxylation is 1. The zero-order chi connectivity index (χ0) is 24.5. The number of thiophene rings is 1. The molecule has 0 radical (unpaired) electrons. The molecule has 2 heterocycles. The zero-order valence-corrected chi connectivity index (χ0v) is 18.8. The number of sulfone groups is 1. The lowest BCUT2D eigenvalue weighted by Gasteiger charge is -2.11. The predicted molar refractivity (Wildman–Crippen MR) is 127 cm³/mol. The summed E-state index contributed by atoms with van der Waals surface area (Å²) in [5.41, 5.74) is 3.15. The Kier molecular flexibility index (Phi) is 5.46. The van der Waals surface area contributed by atoms with Crippen molar-refractivity contribution in [2.75, 3.05) is 5.75 Å². The smallest absolute Gasteiger partial charge is 0.307 e. The largest absolute Gasteiger partial charge is 0.481 e. The number of aromatic nitrogens is 1. The molecule has 0 fully saturated rings. The normalized spacial score (nSPS) is 13.2. The van der Waals surface area contributed by atoms with Crippen LogP contribution in [0, 0.1) is 24.7 Å². The third kappa shape index (κ3) is 4.93. The number of carbonyl (C=O) groups is 1. The molecule has 0 bridgehead atoms. The van der Waals surface area contributed by atoms with Crippen LogP contribution in [-0.4, -0.2) is 30.2 Å². The zero-order valence-electron chi connectivity index (χ0n) is 19.2. The van der Waals surface area contributed by atoms with E-state index in [1.54, 1.807) is 12.3 Å². The molecule has 0 aliphatic carbocycles. The van der Waals surface area contributed by atoms with Crippen LogP contribution in [0.25, 0.3) is 10.9 Å². The van der Waals surface area contributed by atoms with Gasteiger partial charge in [0.15, 0.2) is 9.84 Å². The van der Waals surface area contributed by atoms with Gasteiger partial charge in [-0.3, -0.25) is 4.79 Å². The minimum Gasteiger partial charge on any atom is -0.481 e. The van der Waals surface area contributed by atoms with Crippen LogP contribution in [0.1, 0.15) is 24.3 Å². The van der Waals surface area contributed by atoms with Crippen LogP contribution in [-0.2, 0) is 21.1 Å². The second-order valence-corrected chi connectivity index (χ2v) is 10.8. The van der Waals surface area contributed by atoms with Crippen molar-refractivity contribution in [1.29, 1.82) is 0 Å². The number of rotatable bonds is 6. The van der Waals surface area contributed by atoms with E-state index in [0.29, 0.717) is 21.3 Å². The molecule has 0 unspecified atom stereocenters. The van der Waals surface area contributed by atoms with Gasteiger partial charge < -0.3 is 10.1 Å². The maximum atomic E-state index is 13.0. The van der Waals surface area contributed by atoms with Crippen molar-refractivity contribution < 1.29 is 21.1 Å². The summed E-state index contributed by atoms with van der Waals surface area (Å²) in [5.74, 6) is 3.04. The Labute approximate surface area is 193 Å². The number of carboxylic acid groups (broad SMARTS) is 1. The number of hydrogen-bond acceptors (Lipinski definition) is 4. The number of nitrogens with one attached hydrogen (secondary N) is 1. The van der Waals surface area contributed by atoms with Crippen LogP contribution >= 0.6 is 11.3 Å². The van der Waals surface area contributed by atoms with Gasteiger partial charge in [0.25, 0.3) is 0 Å². The molecule has 0 amide bonds. The Morgan fingerprint density at radius 1 is 1.12 bits per heavy atom. The quantitative estimate of drug-likeness (QED) is 0.406. The van der Waals surface area contributed by atoms with Gasteiger partial charge in [-0.1, -0.05) is 47.7 Å². The maximum Gasteiger partial charge on any atom is 0.307 e. The van der Waals surface area contributed by atoms with Crippen LogP contribution in [0.15, 0.2) is 71.0 Å². The van der Waals surface area contributed by atoms with Gasteiger partial charge in [-0.05, 0) is 49.2 Å². The van der Waals surface area contributed by atoms with Gasteiger partial charge in [0.1, 0.15) is 4.21 Å². The molecule has 162 valence electrons. The van der Waals surface area contributed by atoms with Crippen molar-refractivity contribution in [2.24, 2.45) is 5.92 Å². The molecule has 0 saturated heterocycles. The summed E-state index contributed by atoms with van der Waals surface area (Å²) in [4.78, 5) is 15.5. The summed E-state index contributed by atoms with van der Waals surface area (Å²) < 4.78 is 41.7. The first-order chi connectivity index (χ1) is 16.1. The Bertz CT molecular complexity index is 1540. The highest BCUT2D eigenvalue weighted by molar-refractivity contribution is 7.93. The molecular weight excluding hydrogens is 442 g/mol. The molecule has 0 saturated carbocycles. The average Bonchev–Trinajstić information content (AvgIpc) is 3.41. The summed E-state index contributed by atoms with van der Waals surface area (Å²) >= 11 is 1.02. The van der Waals surface area contributed by atoms with E-state index in [0.717, 1.165) is 22.5 Å². The predicted octanol–water partition coefficient (Wildman–Crippen LogP) is 4.65. The topological polar surface area (TPSA) is 87.2 Å². The molecule has 0 aliphatic heterocycles. The maximum absolute atomic E-state index is 13.0. The highest BCUT2D eigenvalue weighted by atomic mass is 32.2. The summed E-state index contributed by atoms with van der Waals surface area (Å²) in [6, 6.07) is 13.8. The third-order valence-corrected chi connectivity index (χ3v) is 8.46. The van der Waals surface area contributed by atoms with E-state index in [1.165, 1.54) is 18.2 Å². The molecule has 2 N–H and O–H groups in total. The fraction of sp³-hybridized carbons (Fsp3) is 0.160. The lowest BCUT2D eigenvalue weighted by atomic mass is 10.0. The van der Waals surface area contributed by atoms with Crippen LogP contribution in [0.2, 0.25) is 0 Å². The molecule has 2 aromatic carbocycles. The molecule has 7 heteroatoms. The standard InChI is InChI=1S/C25H21NO4S2/c1-17-6-8-18(9-7-17)10-11-21-12-13-24(31-21)32(29,30)16-20(25(27)28)14-19-15-26-23-5-3-2-4-22(19)23/h2-9,12-13,15,20,26H,14,16H2,1H3,(H,27,28)/t20-/m0/s1/i2D,3D. The highest BCUT2D eigenvalue weighted by Crippen LogP contribution is 2.26. The van der Waals surface area contributed by atoms with Crippen molar-refractivity contribution in [3.63, 3.8) is 0 Å². The Morgan fingerprint density at radius 2 is 1.88 bits per heavy atom. The summed E-state index contributed by atoms with van der Waals surface area (Å²) in [6.07, 6.45) is 1.59. The van der Waals surface area contributed by atoms with E-state index in [-0.39, 0.29) is 22.7 Å². The number of aliphatic carboxylic acids is 1. The number of hydrogen-bond donors (Lipinski definition) is 2. The number of H-pyrrole nitrogens is 1. The lowest BCUT2D eigenvalue weighted by molar-refractivity contribution is -0.140. The lowest BCUT2D eigenvalue weighted by Crippen LogP contribution is -2.25. The van der Waals surface area contributed by atoms with Crippen molar-refractivity contribution in [1.82, 2.24) is 4.98 Å². The van der Waals surface area contributed by atoms with Crippen LogP contribution in [0.3, 0.4) is 0 Å². The van der Waals surface area contributed by atoms with Gasteiger partial charge in [-0.25, -0.2) is 8.42 Å². The van der Waals surface area contributed by atoms with Gasteiger partial charge in [0.05, 0.1) is 19.3 Å². The number of para-hydroxylation sites is 1. The van der Waals surface area contributed by atoms with Gasteiger partial charge >= 0.3 is 5.97 Å². The Balaban J connectivity index is 1.54. The minimum atomic E-state index is -3.85. The van der Waals surface area contributed by atoms with Gasteiger partial charge in [-0.15, -0.1) is 11.3 Å². The number of aromatic amines is 1. The Morgan fingerprint density at radius 3 is 2.62 bits per heavy atom. The molecule has 4 rings (SSSR count). The first-order valence-corrected chi connectivity index (χ1v) is 12.3. The fourth-order valence-electron chi connectivity index (χ4n) is 3.33. The van der Waals surface area contributed by atoms with E-state index < -0.39 is 27.5 Å². The van der Waals surface area contributed by atoms with E-state index in [9.17, 15) is 18.3 Å². The van der Waals surface area contributed by atoms with Crippen molar-refractivity contribution in [3.8, 4) is 11.8 Å². The first-order valence-electron chi connectivity index (χ1n) is 10.8. The number of fused-ring (bicyclic) bond motifs is 1. The van der Waals surface area contributed by atoms with E-state index >= 15 is 0 Å². The molecule has 0 aliphatic rings. The average molecular weight is 466 g/mol. The van der Waals surface area contributed by atoms with Gasteiger partial charge in [0.2, 0.25) is 0 Å². The molecule has 32 heavy (non-hydrogen) atoms. The van der Waals surface area contributed by atoms with Crippen molar-refractivity contribution in [2.45, 2.75) is 17.6 Å². The van der Waals surface area contributed by atoms with E-state index in [4.69, 9.17) is 2.74 Å². The minimum absolute atomic E-state index is 0.0171. The molecule has 0 spiro atoms. The van der Waals surface area contributed by atoms with Crippen LogP contribution in [0.5, 0.6) is 0 Å². The number of benzene rings is 2. The van der Waals surface area contributed by atoms with Crippen LogP contribution in [0.4, 0.5) is 0 Å². The second-order valence-electron chi connectivity index (χ2n) is 7.47.